The molecule has 4 nitrogen and oxygen atoms in total. The minimum absolute atomic E-state index is 0.0785. The molecule has 0 aliphatic rings. The lowest BCUT2D eigenvalue weighted by molar-refractivity contribution is -0.139. The van der Waals surface area contributed by atoms with Gasteiger partial charge in [-0.1, -0.05) is 0 Å². The second kappa shape index (κ2) is 5.86. The first-order chi connectivity index (χ1) is 7.99. The summed E-state index contributed by atoms with van der Waals surface area (Å²) in [6.45, 7) is 0. The summed E-state index contributed by atoms with van der Waals surface area (Å²) in [6.07, 6.45) is -3.02. The molecular formula is C10H7F2IN2O2. The molecule has 90 valence electrons. The number of halogens is 3. The van der Waals surface area contributed by atoms with Crippen LogP contribution in [0.4, 0.5) is 8.78 Å². The maximum atomic E-state index is 12.7. The molecule has 17 heavy (non-hydrogen) atoms. The highest BCUT2D eigenvalue weighted by molar-refractivity contribution is 14.1. The Balaban J connectivity index is 3.21. The molecule has 7 heteroatoms. The summed E-state index contributed by atoms with van der Waals surface area (Å²) in [7, 11) is 1.19. The molecule has 1 aromatic rings. The molecule has 0 amide bonds. The number of aromatic nitrogens is 1. The Morgan fingerprint density at radius 2 is 2.35 bits per heavy atom. The van der Waals surface area contributed by atoms with Gasteiger partial charge in [-0.25, -0.2) is 8.78 Å². The smallest absolute Gasteiger partial charge is 0.311 e. The van der Waals surface area contributed by atoms with Gasteiger partial charge in [-0.15, -0.1) is 0 Å². The van der Waals surface area contributed by atoms with Gasteiger partial charge in [-0.2, -0.15) is 5.26 Å². The number of carbonyl (C=O) groups excluding carboxylic acids is 1. The maximum absolute atomic E-state index is 12.7. The van der Waals surface area contributed by atoms with Gasteiger partial charge < -0.3 is 4.74 Å². The quantitative estimate of drug-likeness (QED) is 0.618. The Morgan fingerprint density at radius 1 is 1.71 bits per heavy atom. The SMILES string of the molecule is COC(=O)Cc1cc(C#N)c(I)c(C(F)F)n1. The van der Waals surface area contributed by atoms with E-state index in [-0.39, 0.29) is 21.2 Å². The standard InChI is InChI=1S/C10H7F2IN2O2/c1-17-7(16)3-6-2-5(4-14)8(13)9(15-6)10(11)12/h2,10H,3H2,1H3. The number of alkyl halides is 2. The Labute approximate surface area is 110 Å². The van der Waals surface area contributed by atoms with Crippen molar-refractivity contribution in [2.45, 2.75) is 12.8 Å². The van der Waals surface area contributed by atoms with E-state index in [0.717, 1.165) is 0 Å². The molecule has 0 fully saturated rings. The Kier molecular flexibility index (Phi) is 4.74. The van der Waals surface area contributed by atoms with Crippen LogP contribution >= 0.6 is 22.6 Å². The van der Waals surface area contributed by atoms with Crippen molar-refractivity contribution in [1.29, 1.82) is 5.26 Å². The van der Waals surface area contributed by atoms with Gasteiger partial charge in [0.25, 0.3) is 6.43 Å². The fraction of sp³-hybridized carbons (Fsp3) is 0.300. The number of nitriles is 1. The predicted molar refractivity (Wildman–Crippen MR) is 62.3 cm³/mol. The molecule has 0 bridgehead atoms. The van der Waals surface area contributed by atoms with Crippen LogP contribution in [0.2, 0.25) is 0 Å². The number of pyridine rings is 1. The zero-order chi connectivity index (χ0) is 13.0. The van der Waals surface area contributed by atoms with E-state index < -0.39 is 18.1 Å². The van der Waals surface area contributed by atoms with E-state index in [0.29, 0.717) is 0 Å². The number of hydrogen-bond acceptors (Lipinski definition) is 4. The molecule has 0 saturated carbocycles. The molecule has 0 atom stereocenters. The highest BCUT2D eigenvalue weighted by Crippen LogP contribution is 2.25. The van der Waals surface area contributed by atoms with Gasteiger partial charge in [0.15, 0.2) is 0 Å². The number of nitrogens with zero attached hydrogens (tertiary/aromatic N) is 2. The van der Waals surface area contributed by atoms with Crippen LogP contribution in [0, 0.1) is 14.9 Å². The fourth-order valence-electron chi connectivity index (χ4n) is 1.14. The summed E-state index contributed by atoms with van der Waals surface area (Å²) in [5.74, 6) is -0.595. The zero-order valence-electron chi connectivity index (χ0n) is 8.71. The topological polar surface area (TPSA) is 63.0 Å². The van der Waals surface area contributed by atoms with Gasteiger partial charge >= 0.3 is 5.97 Å². The number of methoxy groups -OCH3 is 1. The minimum Gasteiger partial charge on any atom is -0.469 e. The number of rotatable bonds is 3. The molecule has 0 aromatic carbocycles. The summed E-state index contributed by atoms with van der Waals surface area (Å²) in [4.78, 5) is 14.7. The molecule has 1 aromatic heterocycles. The highest BCUT2D eigenvalue weighted by Gasteiger charge is 2.19. The van der Waals surface area contributed by atoms with Gasteiger partial charge in [0, 0.05) is 0 Å². The van der Waals surface area contributed by atoms with Crippen molar-refractivity contribution in [3.8, 4) is 6.07 Å². The van der Waals surface area contributed by atoms with Crippen molar-refractivity contribution in [3.63, 3.8) is 0 Å². The third-order valence-electron chi connectivity index (χ3n) is 1.92. The fourth-order valence-corrected chi connectivity index (χ4v) is 1.77. The summed E-state index contributed by atoms with van der Waals surface area (Å²) in [5.41, 5.74) is -0.303. The first kappa shape index (κ1) is 13.8. The molecule has 0 unspecified atom stereocenters. The first-order valence-electron chi connectivity index (χ1n) is 4.44. The van der Waals surface area contributed by atoms with Crippen molar-refractivity contribution in [2.24, 2.45) is 0 Å². The Morgan fingerprint density at radius 3 is 2.82 bits per heavy atom. The largest absolute Gasteiger partial charge is 0.469 e. The van der Waals surface area contributed by atoms with Crippen molar-refractivity contribution >= 4 is 28.6 Å². The van der Waals surface area contributed by atoms with E-state index in [4.69, 9.17) is 5.26 Å². The lowest BCUT2D eigenvalue weighted by atomic mass is 10.1. The van der Waals surface area contributed by atoms with Crippen LogP contribution in [-0.2, 0) is 16.0 Å². The van der Waals surface area contributed by atoms with Crippen LogP contribution in [0.3, 0.4) is 0 Å². The van der Waals surface area contributed by atoms with Crippen molar-refractivity contribution in [2.75, 3.05) is 7.11 Å². The zero-order valence-corrected chi connectivity index (χ0v) is 10.9. The second-order valence-electron chi connectivity index (χ2n) is 3.03. The Hall–Kier alpha value is -1.30. The minimum atomic E-state index is -2.79. The van der Waals surface area contributed by atoms with E-state index in [2.05, 4.69) is 9.72 Å². The first-order valence-corrected chi connectivity index (χ1v) is 5.51. The third kappa shape index (κ3) is 3.33. The second-order valence-corrected chi connectivity index (χ2v) is 4.10. The van der Waals surface area contributed by atoms with Crippen molar-refractivity contribution in [1.82, 2.24) is 4.98 Å². The molecule has 1 rings (SSSR count). The molecule has 0 saturated heterocycles. The molecule has 0 aliphatic heterocycles. The van der Waals surface area contributed by atoms with Crippen molar-refractivity contribution in [3.05, 3.63) is 26.6 Å². The van der Waals surface area contributed by atoms with E-state index in [9.17, 15) is 13.6 Å². The lowest BCUT2D eigenvalue weighted by Crippen LogP contribution is -2.09. The summed E-state index contributed by atoms with van der Waals surface area (Å²) < 4.78 is 29.8. The van der Waals surface area contributed by atoms with E-state index in [1.165, 1.54) is 13.2 Å². The number of ether oxygens (including phenoxy) is 1. The molecule has 0 radical (unpaired) electrons. The number of hydrogen-bond donors (Lipinski definition) is 0. The van der Waals surface area contributed by atoms with Crippen LogP contribution in [0.15, 0.2) is 6.07 Å². The van der Waals surface area contributed by atoms with Crippen LogP contribution in [0.1, 0.15) is 23.4 Å². The lowest BCUT2D eigenvalue weighted by Gasteiger charge is -2.07. The van der Waals surface area contributed by atoms with Crippen LogP contribution in [0.25, 0.3) is 0 Å². The molecule has 0 N–H and O–H groups in total. The average Bonchev–Trinajstić information content (AvgIpc) is 2.30. The summed E-state index contributed by atoms with van der Waals surface area (Å²) >= 11 is 1.63. The van der Waals surface area contributed by atoms with Gasteiger partial charge in [-0.05, 0) is 28.7 Å². The third-order valence-corrected chi connectivity index (χ3v) is 3.05. The summed E-state index contributed by atoms with van der Waals surface area (Å²) in [6, 6.07) is 3.10. The van der Waals surface area contributed by atoms with Gasteiger partial charge in [-0.3, -0.25) is 9.78 Å². The normalized spacial score (nSPS) is 10.1. The molecule has 0 aliphatic carbocycles. The molecular weight excluding hydrogens is 345 g/mol. The summed E-state index contributed by atoms with van der Waals surface area (Å²) in [5, 5.41) is 8.80. The molecule has 1 heterocycles. The van der Waals surface area contributed by atoms with Crippen LogP contribution in [-0.4, -0.2) is 18.1 Å². The molecule has 0 spiro atoms. The monoisotopic (exact) mass is 352 g/mol. The van der Waals surface area contributed by atoms with Gasteiger partial charge in [0.1, 0.15) is 11.8 Å². The van der Waals surface area contributed by atoms with E-state index in [1.807, 2.05) is 0 Å². The van der Waals surface area contributed by atoms with Gasteiger partial charge in [0.05, 0.1) is 28.4 Å². The van der Waals surface area contributed by atoms with Gasteiger partial charge in [0.2, 0.25) is 0 Å². The van der Waals surface area contributed by atoms with E-state index in [1.54, 1.807) is 28.7 Å². The number of carbonyl (C=O) groups is 1. The highest BCUT2D eigenvalue weighted by atomic mass is 127. The Bertz CT molecular complexity index is 486. The predicted octanol–water partition coefficient (Wildman–Crippen LogP) is 2.21. The maximum Gasteiger partial charge on any atom is 0.311 e. The number of esters is 1. The van der Waals surface area contributed by atoms with Crippen LogP contribution in [0.5, 0.6) is 0 Å². The average molecular weight is 352 g/mol. The van der Waals surface area contributed by atoms with E-state index >= 15 is 0 Å². The van der Waals surface area contributed by atoms with Crippen molar-refractivity contribution < 1.29 is 18.3 Å². The van der Waals surface area contributed by atoms with Crippen LogP contribution < -0.4 is 0 Å².